The summed E-state index contributed by atoms with van der Waals surface area (Å²) in [5, 5.41) is 14.8. The monoisotopic (exact) mass is 334 g/mol. The zero-order valence-electron chi connectivity index (χ0n) is 10.0. The summed E-state index contributed by atoms with van der Waals surface area (Å²) in [7, 11) is 0. The molecule has 100 valence electrons. The van der Waals surface area contributed by atoms with Crippen LogP contribution in [0.2, 0.25) is 5.02 Å². The first kappa shape index (κ1) is 15.3. The molecule has 0 aliphatic carbocycles. The first-order valence-corrected chi connectivity index (χ1v) is 6.79. The van der Waals surface area contributed by atoms with E-state index in [0.29, 0.717) is 18.0 Å². The van der Waals surface area contributed by atoms with E-state index in [9.17, 15) is 4.79 Å². The number of aliphatic hydroxyl groups is 1. The number of benzene rings is 1. The van der Waals surface area contributed by atoms with E-state index < -0.39 is 0 Å². The summed E-state index contributed by atoms with van der Waals surface area (Å²) in [6, 6.07) is 5.02. The van der Waals surface area contributed by atoms with Crippen LogP contribution in [-0.4, -0.2) is 30.3 Å². The van der Waals surface area contributed by atoms with Crippen molar-refractivity contribution < 1.29 is 9.90 Å². The highest BCUT2D eigenvalue weighted by molar-refractivity contribution is 9.10. The zero-order chi connectivity index (χ0) is 13.5. The molecule has 1 rings (SSSR count). The molecule has 0 aliphatic heterocycles. The number of urea groups is 1. The van der Waals surface area contributed by atoms with Crippen LogP contribution < -0.4 is 10.6 Å². The van der Waals surface area contributed by atoms with E-state index in [1.165, 1.54) is 0 Å². The molecule has 0 spiro atoms. The van der Waals surface area contributed by atoms with Crippen molar-refractivity contribution in [2.24, 2.45) is 0 Å². The summed E-state index contributed by atoms with van der Waals surface area (Å²) in [6.07, 6.45) is 0.683. The average molecular weight is 336 g/mol. The van der Waals surface area contributed by atoms with Crippen LogP contribution in [0.5, 0.6) is 0 Å². The minimum absolute atomic E-state index is 0.0761. The van der Waals surface area contributed by atoms with E-state index in [-0.39, 0.29) is 18.7 Å². The van der Waals surface area contributed by atoms with Gasteiger partial charge in [-0.2, -0.15) is 0 Å². The first-order chi connectivity index (χ1) is 8.52. The second-order valence-electron chi connectivity index (χ2n) is 3.97. The van der Waals surface area contributed by atoms with E-state index in [4.69, 9.17) is 16.7 Å². The fraction of sp³-hybridized carbons (Fsp3) is 0.417. The van der Waals surface area contributed by atoms with E-state index in [1.54, 1.807) is 13.0 Å². The molecule has 1 aromatic carbocycles. The van der Waals surface area contributed by atoms with Crippen molar-refractivity contribution in [3.05, 3.63) is 33.3 Å². The lowest BCUT2D eigenvalue weighted by atomic mass is 10.1. The molecule has 0 unspecified atom stereocenters. The van der Waals surface area contributed by atoms with Crippen molar-refractivity contribution in [1.82, 2.24) is 10.6 Å². The Balaban J connectivity index is 2.37. The van der Waals surface area contributed by atoms with Crippen LogP contribution in [0.15, 0.2) is 22.7 Å². The van der Waals surface area contributed by atoms with Gasteiger partial charge in [0.05, 0.1) is 12.6 Å². The molecule has 0 heterocycles. The smallest absolute Gasteiger partial charge is 0.315 e. The zero-order valence-corrected chi connectivity index (χ0v) is 12.4. The number of rotatable bonds is 5. The third kappa shape index (κ3) is 5.25. The standard InChI is InChI=1S/C12H16BrClN2O2/c1-8(7-17)16-12(18)15-5-4-9-6-10(14)2-3-11(9)13/h2-3,6,8,17H,4-5,7H2,1H3,(H2,15,16,18)/t8-/m0/s1. The van der Waals surface area contributed by atoms with Gasteiger partial charge in [-0.3, -0.25) is 0 Å². The van der Waals surface area contributed by atoms with Gasteiger partial charge in [-0.1, -0.05) is 27.5 Å². The molecule has 6 heteroatoms. The lowest BCUT2D eigenvalue weighted by molar-refractivity contribution is 0.220. The van der Waals surface area contributed by atoms with Gasteiger partial charge in [0.2, 0.25) is 0 Å². The Kier molecular flexibility index (Phi) is 6.46. The van der Waals surface area contributed by atoms with Gasteiger partial charge in [-0.05, 0) is 37.1 Å². The lowest BCUT2D eigenvalue weighted by Crippen LogP contribution is -2.42. The Bertz CT molecular complexity index is 415. The van der Waals surface area contributed by atoms with Crippen molar-refractivity contribution >= 4 is 33.6 Å². The number of hydrogen-bond acceptors (Lipinski definition) is 2. The van der Waals surface area contributed by atoms with Crippen LogP contribution in [0, 0.1) is 0 Å². The second kappa shape index (κ2) is 7.61. The summed E-state index contributed by atoms with van der Waals surface area (Å²) in [6.45, 7) is 2.16. The molecule has 0 fully saturated rings. The van der Waals surface area contributed by atoms with Gasteiger partial charge in [-0.25, -0.2) is 4.79 Å². The van der Waals surface area contributed by atoms with Gasteiger partial charge in [0.15, 0.2) is 0 Å². The van der Waals surface area contributed by atoms with E-state index in [0.717, 1.165) is 10.0 Å². The summed E-state index contributed by atoms with van der Waals surface area (Å²) in [5.41, 5.74) is 1.04. The maximum absolute atomic E-state index is 11.4. The predicted octanol–water partition coefficient (Wildman–Crippen LogP) is 2.33. The minimum atomic E-state index is -0.283. The lowest BCUT2D eigenvalue weighted by Gasteiger charge is -2.12. The number of carbonyl (C=O) groups excluding carboxylic acids is 1. The van der Waals surface area contributed by atoms with Crippen LogP contribution in [0.25, 0.3) is 0 Å². The predicted molar refractivity (Wildman–Crippen MR) is 75.9 cm³/mol. The van der Waals surface area contributed by atoms with Crippen molar-refractivity contribution in [2.75, 3.05) is 13.2 Å². The van der Waals surface area contributed by atoms with Crippen molar-refractivity contribution in [1.29, 1.82) is 0 Å². The molecule has 0 bridgehead atoms. The second-order valence-corrected chi connectivity index (χ2v) is 5.26. The molecule has 18 heavy (non-hydrogen) atoms. The van der Waals surface area contributed by atoms with E-state index >= 15 is 0 Å². The van der Waals surface area contributed by atoms with Crippen molar-refractivity contribution in [2.45, 2.75) is 19.4 Å². The molecular weight excluding hydrogens is 320 g/mol. The third-order valence-electron chi connectivity index (χ3n) is 2.34. The fourth-order valence-corrected chi connectivity index (χ4v) is 2.01. The molecule has 4 nitrogen and oxygen atoms in total. The Morgan fingerprint density at radius 3 is 2.94 bits per heavy atom. The molecule has 2 amide bonds. The molecule has 1 atom stereocenters. The van der Waals surface area contributed by atoms with E-state index in [1.807, 2.05) is 12.1 Å². The number of carbonyl (C=O) groups is 1. The topological polar surface area (TPSA) is 61.4 Å². The number of nitrogens with one attached hydrogen (secondary N) is 2. The Morgan fingerprint density at radius 2 is 2.28 bits per heavy atom. The third-order valence-corrected chi connectivity index (χ3v) is 3.35. The highest BCUT2D eigenvalue weighted by Crippen LogP contribution is 2.21. The van der Waals surface area contributed by atoms with Gasteiger partial charge in [0.1, 0.15) is 0 Å². The van der Waals surface area contributed by atoms with Crippen LogP contribution in [-0.2, 0) is 6.42 Å². The molecule has 0 aromatic heterocycles. The van der Waals surface area contributed by atoms with Crippen molar-refractivity contribution in [3.63, 3.8) is 0 Å². The van der Waals surface area contributed by atoms with Crippen LogP contribution in [0.4, 0.5) is 4.79 Å². The van der Waals surface area contributed by atoms with Crippen LogP contribution in [0.1, 0.15) is 12.5 Å². The maximum atomic E-state index is 11.4. The Labute approximate surface area is 120 Å². The highest BCUT2D eigenvalue weighted by atomic mass is 79.9. The Morgan fingerprint density at radius 1 is 1.56 bits per heavy atom. The normalized spacial score (nSPS) is 12.0. The van der Waals surface area contributed by atoms with Crippen LogP contribution >= 0.6 is 27.5 Å². The number of hydrogen-bond donors (Lipinski definition) is 3. The molecule has 0 saturated carbocycles. The summed E-state index contributed by atoms with van der Waals surface area (Å²) < 4.78 is 0.970. The van der Waals surface area contributed by atoms with Gasteiger partial charge in [0.25, 0.3) is 0 Å². The van der Waals surface area contributed by atoms with Crippen LogP contribution in [0.3, 0.4) is 0 Å². The highest BCUT2D eigenvalue weighted by Gasteiger charge is 2.06. The molecule has 1 aromatic rings. The Hall–Kier alpha value is -0.780. The van der Waals surface area contributed by atoms with Gasteiger partial charge < -0.3 is 15.7 Å². The number of amides is 2. The summed E-state index contributed by atoms with van der Waals surface area (Å²) in [4.78, 5) is 11.4. The molecular formula is C12H16BrClN2O2. The average Bonchev–Trinajstić information content (AvgIpc) is 2.33. The summed E-state index contributed by atoms with van der Waals surface area (Å²) in [5.74, 6) is 0. The van der Waals surface area contributed by atoms with E-state index in [2.05, 4.69) is 26.6 Å². The van der Waals surface area contributed by atoms with Gasteiger partial charge in [-0.15, -0.1) is 0 Å². The molecule has 3 N–H and O–H groups in total. The SMILES string of the molecule is C[C@@H](CO)NC(=O)NCCc1cc(Cl)ccc1Br. The fourth-order valence-electron chi connectivity index (χ4n) is 1.37. The summed E-state index contributed by atoms with van der Waals surface area (Å²) >= 11 is 9.33. The first-order valence-electron chi connectivity index (χ1n) is 5.62. The van der Waals surface area contributed by atoms with Crippen molar-refractivity contribution in [3.8, 4) is 0 Å². The minimum Gasteiger partial charge on any atom is -0.394 e. The molecule has 0 aliphatic rings. The number of halogens is 2. The van der Waals surface area contributed by atoms with Gasteiger partial charge in [0, 0.05) is 16.0 Å². The molecule has 0 saturated heterocycles. The quantitative estimate of drug-likeness (QED) is 0.773. The van der Waals surface area contributed by atoms with Gasteiger partial charge >= 0.3 is 6.03 Å². The largest absolute Gasteiger partial charge is 0.394 e. The maximum Gasteiger partial charge on any atom is 0.315 e. The number of aliphatic hydroxyl groups excluding tert-OH is 1. The molecule has 0 radical (unpaired) electrons.